The van der Waals surface area contributed by atoms with E-state index in [1.807, 2.05) is 0 Å². The Bertz CT molecular complexity index is 7330. The molecule has 2 aliphatic heterocycles. The van der Waals surface area contributed by atoms with Crippen LogP contribution >= 0.6 is 0 Å². The summed E-state index contributed by atoms with van der Waals surface area (Å²) in [6, 6.07) is 126. The molecular weight excluding hydrogens is 1300 g/mol. The first-order valence-corrected chi connectivity index (χ1v) is 38.8. The summed E-state index contributed by atoms with van der Waals surface area (Å²) in [5.74, 6) is 0.370. The zero-order valence-corrected chi connectivity index (χ0v) is 59.4. The maximum Gasteiger partial charge on any atom is 0.0754 e. The molecule has 3 atom stereocenters. The first kappa shape index (κ1) is 58.2. The van der Waals surface area contributed by atoms with Crippen LogP contribution < -0.4 is 0 Å². The summed E-state index contributed by atoms with van der Waals surface area (Å²) in [5.41, 5.74) is 43.2. The topological polar surface area (TPSA) is 9.86 Å². The molecule has 0 amide bonds. The Morgan fingerprint density at radius 3 is 1.40 bits per heavy atom. The van der Waals surface area contributed by atoms with Crippen LogP contribution in [0.5, 0.6) is 0 Å². The van der Waals surface area contributed by atoms with Gasteiger partial charge in [0.25, 0.3) is 0 Å². The van der Waals surface area contributed by atoms with Gasteiger partial charge in [0.15, 0.2) is 0 Å². The van der Waals surface area contributed by atoms with Crippen LogP contribution in [-0.4, -0.2) is 9.13 Å². The molecule has 16 aromatic carbocycles. The zero-order chi connectivity index (χ0) is 70.2. The first-order valence-electron chi connectivity index (χ1n) is 38.8. The number of para-hydroxylation sites is 6. The minimum absolute atomic E-state index is 0.370. The Hall–Kier alpha value is -13.1. The maximum atomic E-state index is 2.65. The third-order valence-corrected chi connectivity index (χ3v) is 27.3. The number of hydrogen-bond acceptors (Lipinski definition) is 0. The Morgan fingerprint density at radius 2 is 0.731 bits per heavy atom. The largest absolute Gasteiger partial charge is 0.309 e. The number of benzene rings is 16. The molecule has 6 aliphatic carbocycles. The van der Waals surface area contributed by atoms with Crippen molar-refractivity contribution in [2.45, 2.75) is 48.3 Å². The van der Waals surface area contributed by atoms with E-state index in [2.05, 4.69) is 356 Å². The Morgan fingerprint density at radius 1 is 0.296 bits per heavy atom. The van der Waals surface area contributed by atoms with Gasteiger partial charge in [-0.3, -0.25) is 0 Å². The SMILES string of the molecule is CC1CC=Cc2c1ccc1c2-c2c(-c3c4cccc(C5=CCCC6=C5c5ccccc5C65c6ccccc6-n6c7ccccc7c7cccc5c76)c4cc4c(-c5cccc6c5-c5ccccc5C65c6ccccc6-n6c7ccccc7c7cccc5c76)cccc34)cccc2C12c1ccccc1-c1ccccc12. The molecule has 3 spiro atoms. The molecule has 0 saturated carbocycles. The fourth-order valence-corrected chi connectivity index (χ4v) is 23.6. The van der Waals surface area contributed by atoms with Gasteiger partial charge in [0.1, 0.15) is 0 Å². The lowest BCUT2D eigenvalue weighted by Crippen LogP contribution is -2.34. The van der Waals surface area contributed by atoms with Gasteiger partial charge in [-0.15, -0.1) is 0 Å². The Balaban J connectivity index is 0.789. The molecule has 2 aromatic heterocycles. The van der Waals surface area contributed by atoms with Gasteiger partial charge in [-0.25, -0.2) is 0 Å². The summed E-state index contributed by atoms with van der Waals surface area (Å²) in [4.78, 5) is 0. The number of fused-ring (bicyclic) bond motifs is 37. The van der Waals surface area contributed by atoms with Gasteiger partial charge in [-0.2, -0.15) is 0 Å². The van der Waals surface area contributed by atoms with E-state index in [0.29, 0.717) is 5.92 Å². The van der Waals surface area contributed by atoms with E-state index in [1.165, 1.54) is 232 Å². The molecule has 0 saturated heterocycles. The third kappa shape index (κ3) is 6.63. The molecule has 0 fully saturated rings. The van der Waals surface area contributed by atoms with E-state index in [-0.39, 0.29) is 0 Å². The molecule has 500 valence electrons. The fourth-order valence-electron chi connectivity index (χ4n) is 23.6. The highest BCUT2D eigenvalue weighted by atomic mass is 15.0. The van der Waals surface area contributed by atoms with Crippen molar-refractivity contribution in [2.75, 3.05) is 0 Å². The van der Waals surface area contributed by atoms with Crippen LogP contribution in [0.15, 0.2) is 339 Å². The molecule has 0 N–H and O–H groups in total. The average Bonchev–Trinajstić information content (AvgIpc) is 1.50. The molecule has 0 bridgehead atoms. The second-order valence-electron chi connectivity index (χ2n) is 31.6. The molecule has 26 rings (SSSR count). The number of hydrogen-bond donors (Lipinski definition) is 0. The van der Waals surface area contributed by atoms with Crippen LogP contribution in [0.3, 0.4) is 0 Å². The van der Waals surface area contributed by atoms with Crippen molar-refractivity contribution in [1.82, 2.24) is 9.13 Å². The molecule has 2 nitrogen and oxygen atoms in total. The highest BCUT2D eigenvalue weighted by Crippen LogP contribution is 2.69. The molecular formula is C106H66N2. The standard InChI is InChI=1S/C106H66N2/c1-61-26-18-35-69-62(61)58-59-90-100(69)101-78(42-25-51-89(101)104(90)81-43-8-2-27-65(81)66-28-3-9-44-82(66)104)97-72-36-19-33-63(70-38-21-49-87-98(70)76-31-4-10-45-83(76)105(87)85-47-12-16-56-95(85)107-93-54-14-6-29-67(93)74-40-23-52-91(105)102(74)107)79(72)60-80-64(34-20-37-73(80)97)71-39-22-50-88-99(71)77-32-5-11-46-84(77)106(88)86-48-13-17-57-96(86)108-94-55-15-7-30-68(94)75-41-24-53-92(106)103(75)108/h2-21,23-25,27-49,51-61H,22,26,50H2,1H3. The van der Waals surface area contributed by atoms with Crippen LogP contribution in [0, 0.1) is 0 Å². The highest BCUT2D eigenvalue weighted by molar-refractivity contribution is 6.25. The van der Waals surface area contributed by atoms with E-state index < -0.39 is 16.2 Å². The minimum atomic E-state index is -0.622. The van der Waals surface area contributed by atoms with Crippen molar-refractivity contribution in [3.63, 3.8) is 0 Å². The van der Waals surface area contributed by atoms with E-state index in [0.717, 1.165) is 19.3 Å². The monoisotopic (exact) mass is 1370 g/mol. The predicted molar refractivity (Wildman–Crippen MR) is 447 cm³/mol. The molecule has 4 heterocycles. The second kappa shape index (κ2) is 20.5. The number of allylic oxidation sites excluding steroid dienone is 5. The summed E-state index contributed by atoms with van der Waals surface area (Å²) in [6.07, 6.45) is 10.4. The van der Waals surface area contributed by atoms with Gasteiger partial charge < -0.3 is 9.13 Å². The smallest absolute Gasteiger partial charge is 0.0754 e. The van der Waals surface area contributed by atoms with E-state index >= 15 is 0 Å². The van der Waals surface area contributed by atoms with E-state index in [4.69, 9.17) is 0 Å². The van der Waals surface area contributed by atoms with Crippen molar-refractivity contribution in [1.29, 1.82) is 0 Å². The number of aromatic nitrogens is 2. The summed E-state index contributed by atoms with van der Waals surface area (Å²) in [6.45, 7) is 2.43. The van der Waals surface area contributed by atoms with Crippen molar-refractivity contribution >= 4 is 82.4 Å². The molecule has 8 aliphatic rings. The summed E-state index contributed by atoms with van der Waals surface area (Å²) >= 11 is 0. The van der Waals surface area contributed by atoms with Crippen LogP contribution in [0.4, 0.5) is 0 Å². The van der Waals surface area contributed by atoms with Gasteiger partial charge in [0.2, 0.25) is 0 Å². The molecule has 0 radical (unpaired) electrons. The van der Waals surface area contributed by atoms with Crippen molar-refractivity contribution in [3.05, 3.63) is 423 Å². The van der Waals surface area contributed by atoms with Gasteiger partial charge in [-0.05, 0) is 233 Å². The Kier molecular flexibility index (Phi) is 11.0. The first-order chi connectivity index (χ1) is 53.6. The minimum Gasteiger partial charge on any atom is -0.309 e. The molecule has 3 unspecified atom stereocenters. The van der Waals surface area contributed by atoms with Crippen LogP contribution in [0.2, 0.25) is 0 Å². The Labute approximate surface area is 625 Å². The zero-order valence-electron chi connectivity index (χ0n) is 59.4. The highest BCUT2D eigenvalue weighted by Gasteiger charge is 2.56. The third-order valence-electron chi connectivity index (χ3n) is 27.3. The predicted octanol–water partition coefficient (Wildman–Crippen LogP) is 26.4. The van der Waals surface area contributed by atoms with E-state index in [1.54, 1.807) is 0 Å². The van der Waals surface area contributed by atoms with Crippen molar-refractivity contribution < 1.29 is 0 Å². The summed E-state index contributed by atoms with van der Waals surface area (Å²) in [7, 11) is 0. The molecule has 108 heavy (non-hydrogen) atoms. The van der Waals surface area contributed by atoms with Crippen LogP contribution in [-0.2, 0) is 16.2 Å². The quantitative estimate of drug-likeness (QED) is 0.156. The lowest BCUT2D eigenvalue weighted by atomic mass is 9.63. The average molecular weight is 1370 g/mol. The number of nitrogens with zero attached hydrogens (tertiary/aromatic N) is 2. The lowest BCUT2D eigenvalue weighted by molar-refractivity contribution is 0.685. The van der Waals surface area contributed by atoms with Gasteiger partial charge in [0.05, 0.1) is 49.7 Å². The fraction of sp³-hybridized carbons (Fsp3) is 0.0755. The summed E-state index contributed by atoms with van der Waals surface area (Å²) < 4.78 is 5.15. The van der Waals surface area contributed by atoms with Gasteiger partial charge >= 0.3 is 0 Å². The van der Waals surface area contributed by atoms with E-state index in [9.17, 15) is 0 Å². The normalized spacial score (nSPS) is 18.3. The van der Waals surface area contributed by atoms with Gasteiger partial charge in [0, 0.05) is 21.5 Å². The van der Waals surface area contributed by atoms with Crippen molar-refractivity contribution in [3.8, 4) is 67.0 Å². The van der Waals surface area contributed by atoms with Crippen molar-refractivity contribution in [2.24, 2.45) is 0 Å². The summed E-state index contributed by atoms with van der Waals surface area (Å²) in [5, 5.41) is 10.2. The lowest BCUT2D eigenvalue weighted by Gasteiger charge is -2.41. The molecule has 2 heteroatoms. The number of rotatable bonds is 3. The maximum absolute atomic E-state index is 2.65. The second-order valence-corrected chi connectivity index (χ2v) is 31.6. The molecule has 18 aromatic rings. The van der Waals surface area contributed by atoms with Crippen LogP contribution in [0.25, 0.3) is 149 Å². The van der Waals surface area contributed by atoms with Crippen LogP contribution in [0.1, 0.15) is 116 Å². The van der Waals surface area contributed by atoms with Gasteiger partial charge in [-0.1, -0.05) is 316 Å².